The number of nitrogens with zero attached hydrogens (tertiary/aromatic N) is 2. The fourth-order valence-electron chi connectivity index (χ4n) is 4.23. The van der Waals surface area contributed by atoms with Crippen LogP contribution < -0.4 is 4.74 Å². The van der Waals surface area contributed by atoms with Gasteiger partial charge < -0.3 is 9.64 Å². The number of fused-ring (bicyclic) bond motifs is 1. The number of pyridine rings is 1. The predicted molar refractivity (Wildman–Crippen MR) is 122 cm³/mol. The lowest BCUT2D eigenvalue weighted by Crippen LogP contribution is -2.42. The maximum Gasteiger partial charge on any atom is 0.225 e. The molecule has 5 heteroatoms. The number of carbonyl (C=O) groups is 1. The molecule has 2 aromatic carbocycles. The van der Waals surface area contributed by atoms with Gasteiger partial charge in [0.2, 0.25) is 5.91 Å². The third kappa shape index (κ3) is 4.29. The highest BCUT2D eigenvalue weighted by atomic mass is 35.5. The van der Waals surface area contributed by atoms with Gasteiger partial charge in [-0.25, -0.2) is 0 Å². The van der Waals surface area contributed by atoms with E-state index in [-0.39, 0.29) is 18.5 Å². The Morgan fingerprint density at radius 1 is 1.00 bits per heavy atom. The summed E-state index contributed by atoms with van der Waals surface area (Å²) in [6.45, 7) is 3.77. The molecule has 5 rings (SSSR count). The lowest BCUT2D eigenvalue weighted by molar-refractivity contribution is -0.134. The van der Waals surface area contributed by atoms with Gasteiger partial charge in [0, 0.05) is 43.4 Å². The Morgan fingerprint density at radius 2 is 1.73 bits per heavy atom. The summed E-state index contributed by atoms with van der Waals surface area (Å²) in [7, 11) is 0. The highest BCUT2D eigenvalue weighted by molar-refractivity contribution is 5.87. The number of aromatic nitrogens is 1. The Labute approximate surface area is 183 Å². The molecule has 2 aliphatic rings. The summed E-state index contributed by atoms with van der Waals surface area (Å²) in [6.07, 6.45) is 6.01. The van der Waals surface area contributed by atoms with Crippen molar-refractivity contribution in [3.63, 3.8) is 0 Å². The fourth-order valence-corrected chi connectivity index (χ4v) is 4.23. The summed E-state index contributed by atoms with van der Waals surface area (Å²) >= 11 is 0. The number of aryl methyl sites for hydroxylation is 1. The fraction of sp³-hybridized carbons (Fsp3) is 0.360. The largest absolute Gasteiger partial charge is 0.490 e. The Bertz CT molecular complexity index is 1040. The normalized spacial score (nSPS) is 16.9. The molecule has 0 radical (unpaired) electrons. The molecule has 1 aliphatic carbocycles. The second-order valence-corrected chi connectivity index (χ2v) is 8.30. The van der Waals surface area contributed by atoms with Gasteiger partial charge in [-0.3, -0.25) is 9.78 Å². The monoisotopic (exact) mass is 422 g/mol. The number of likely N-dealkylation sites (tertiary alicyclic amines) is 1. The number of amides is 1. The molecule has 30 heavy (non-hydrogen) atoms. The zero-order valence-electron chi connectivity index (χ0n) is 17.2. The Hall–Kier alpha value is -2.59. The van der Waals surface area contributed by atoms with Crippen molar-refractivity contribution in [3.05, 3.63) is 60.3 Å². The average molecular weight is 423 g/mol. The molecule has 2 heterocycles. The first-order valence-corrected chi connectivity index (χ1v) is 10.6. The van der Waals surface area contributed by atoms with Gasteiger partial charge in [-0.15, -0.1) is 12.4 Å². The maximum atomic E-state index is 12.2. The van der Waals surface area contributed by atoms with Gasteiger partial charge in [-0.05, 0) is 60.7 Å². The number of piperidine rings is 1. The van der Waals surface area contributed by atoms with Crippen molar-refractivity contribution in [2.45, 2.75) is 38.7 Å². The van der Waals surface area contributed by atoms with Crippen LogP contribution in [-0.4, -0.2) is 35.0 Å². The van der Waals surface area contributed by atoms with Gasteiger partial charge in [0.15, 0.2) is 0 Å². The lowest BCUT2D eigenvalue weighted by atomic mass is 10.00. The number of rotatable bonds is 4. The molecule has 3 aromatic rings. The molecule has 4 nitrogen and oxygen atoms in total. The van der Waals surface area contributed by atoms with Crippen molar-refractivity contribution >= 4 is 29.2 Å². The van der Waals surface area contributed by atoms with E-state index in [0.717, 1.165) is 55.6 Å². The number of ether oxygens (including phenoxy) is 1. The van der Waals surface area contributed by atoms with E-state index < -0.39 is 0 Å². The van der Waals surface area contributed by atoms with E-state index in [0.29, 0.717) is 11.8 Å². The second kappa shape index (κ2) is 8.65. The first-order chi connectivity index (χ1) is 14.2. The van der Waals surface area contributed by atoms with E-state index in [1.807, 2.05) is 17.2 Å². The first kappa shape index (κ1) is 20.7. The average Bonchev–Trinajstić information content (AvgIpc) is 3.60. The molecular formula is C25H27ClN2O2. The summed E-state index contributed by atoms with van der Waals surface area (Å²) in [6, 6.07) is 16.8. The molecule has 0 bridgehead atoms. The summed E-state index contributed by atoms with van der Waals surface area (Å²) < 4.78 is 6.19. The smallest absolute Gasteiger partial charge is 0.225 e. The van der Waals surface area contributed by atoms with Crippen LogP contribution in [0.25, 0.3) is 22.0 Å². The highest BCUT2D eigenvalue weighted by Gasteiger charge is 2.35. The summed E-state index contributed by atoms with van der Waals surface area (Å²) in [5, 5.41) is 1.20. The van der Waals surface area contributed by atoms with E-state index >= 15 is 0 Å². The highest BCUT2D eigenvalue weighted by Crippen LogP contribution is 2.32. The van der Waals surface area contributed by atoms with Crippen LogP contribution in [0.5, 0.6) is 5.75 Å². The minimum Gasteiger partial charge on any atom is -0.490 e. The van der Waals surface area contributed by atoms with E-state index in [4.69, 9.17) is 4.74 Å². The molecular weight excluding hydrogens is 396 g/mol. The molecule has 1 saturated carbocycles. The molecule has 0 spiro atoms. The minimum atomic E-state index is 0. The van der Waals surface area contributed by atoms with Crippen molar-refractivity contribution in [1.82, 2.24) is 9.88 Å². The third-order valence-electron chi connectivity index (χ3n) is 6.10. The van der Waals surface area contributed by atoms with Crippen molar-refractivity contribution in [2.75, 3.05) is 13.1 Å². The molecule has 2 fully saturated rings. The zero-order valence-corrected chi connectivity index (χ0v) is 18.0. The van der Waals surface area contributed by atoms with E-state index in [9.17, 15) is 4.79 Å². The second-order valence-electron chi connectivity index (χ2n) is 8.30. The summed E-state index contributed by atoms with van der Waals surface area (Å²) in [4.78, 5) is 18.7. The van der Waals surface area contributed by atoms with Crippen LogP contribution in [0.1, 0.15) is 31.2 Å². The SMILES string of the molecule is Cc1cc(-c2ccc(OC3CCN(C(=O)C4CC4)CC3)cc2)cc2ncccc12.Cl. The maximum absolute atomic E-state index is 12.2. The predicted octanol–water partition coefficient (Wildman–Crippen LogP) is 5.41. The number of hydrogen-bond acceptors (Lipinski definition) is 3. The molecule has 0 N–H and O–H groups in total. The Morgan fingerprint density at radius 3 is 2.43 bits per heavy atom. The number of benzene rings is 2. The van der Waals surface area contributed by atoms with Crippen LogP contribution in [0.3, 0.4) is 0 Å². The van der Waals surface area contributed by atoms with Gasteiger partial charge in [-0.2, -0.15) is 0 Å². The van der Waals surface area contributed by atoms with Crippen molar-refractivity contribution < 1.29 is 9.53 Å². The van der Waals surface area contributed by atoms with Gasteiger partial charge in [0.25, 0.3) is 0 Å². The molecule has 1 amide bonds. The van der Waals surface area contributed by atoms with Crippen LogP contribution in [0, 0.1) is 12.8 Å². The van der Waals surface area contributed by atoms with E-state index in [2.05, 4.69) is 54.4 Å². The quantitative estimate of drug-likeness (QED) is 0.564. The summed E-state index contributed by atoms with van der Waals surface area (Å²) in [5.41, 5.74) is 4.60. The van der Waals surface area contributed by atoms with Crippen molar-refractivity contribution in [3.8, 4) is 16.9 Å². The van der Waals surface area contributed by atoms with Gasteiger partial charge in [0.1, 0.15) is 11.9 Å². The number of hydrogen-bond donors (Lipinski definition) is 0. The van der Waals surface area contributed by atoms with Crippen LogP contribution in [0.2, 0.25) is 0 Å². The van der Waals surface area contributed by atoms with E-state index in [1.54, 1.807) is 0 Å². The summed E-state index contributed by atoms with van der Waals surface area (Å²) in [5.74, 6) is 1.57. The van der Waals surface area contributed by atoms with Gasteiger partial charge in [0.05, 0.1) is 5.52 Å². The number of carbonyl (C=O) groups excluding carboxylic acids is 1. The van der Waals surface area contributed by atoms with Crippen LogP contribution in [-0.2, 0) is 4.79 Å². The standard InChI is InChI=1S/C25H26N2O2.ClH/c1-17-15-20(16-24-23(17)3-2-12-26-24)18-6-8-21(9-7-18)29-22-10-13-27(14-11-22)25(28)19-4-5-19;/h2-3,6-9,12,15-16,19,22H,4-5,10-11,13-14H2,1H3;1H. The van der Waals surface area contributed by atoms with Gasteiger partial charge >= 0.3 is 0 Å². The molecule has 0 unspecified atom stereocenters. The molecule has 1 aliphatic heterocycles. The van der Waals surface area contributed by atoms with Crippen LogP contribution in [0.15, 0.2) is 54.7 Å². The van der Waals surface area contributed by atoms with Crippen molar-refractivity contribution in [2.24, 2.45) is 5.92 Å². The lowest BCUT2D eigenvalue weighted by Gasteiger charge is -2.32. The molecule has 0 atom stereocenters. The Kier molecular flexibility index (Phi) is 5.96. The van der Waals surface area contributed by atoms with Gasteiger partial charge in [-0.1, -0.05) is 24.3 Å². The number of halogens is 1. The minimum absolute atomic E-state index is 0. The third-order valence-corrected chi connectivity index (χ3v) is 6.10. The van der Waals surface area contributed by atoms with E-state index in [1.165, 1.54) is 16.5 Å². The zero-order chi connectivity index (χ0) is 19.8. The van der Waals surface area contributed by atoms with Crippen molar-refractivity contribution in [1.29, 1.82) is 0 Å². The molecule has 1 saturated heterocycles. The van der Waals surface area contributed by atoms with Crippen LogP contribution >= 0.6 is 12.4 Å². The molecule has 156 valence electrons. The molecule has 1 aromatic heterocycles. The Balaban J connectivity index is 0.00000218. The topological polar surface area (TPSA) is 42.4 Å². The van der Waals surface area contributed by atoms with Crippen LogP contribution in [0.4, 0.5) is 0 Å². The first-order valence-electron chi connectivity index (χ1n) is 10.6.